The predicted octanol–water partition coefficient (Wildman–Crippen LogP) is 3.47. The van der Waals surface area contributed by atoms with Crippen molar-refractivity contribution in [3.05, 3.63) is 53.5 Å². The van der Waals surface area contributed by atoms with Crippen LogP contribution in [0.15, 0.2) is 36.7 Å². The molecule has 1 amide bonds. The minimum Gasteiger partial charge on any atom is -0.476 e. The van der Waals surface area contributed by atoms with Gasteiger partial charge in [-0.05, 0) is 32.3 Å². The van der Waals surface area contributed by atoms with Crippen LogP contribution in [0, 0.1) is 0 Å². The monoisotopic (exact) mass is 484 g/mol. The molecule has 188 valence electrons. The van der Waals surface area contributed by atoms with Gasteiger partial charge in [-0.1, -0.05) is 37.3 Å². The molecule has 0 spiro atoms. The maximum absolute atomic E-state index is 12.5. The van der Waals surface area contributed by atoms with Crippen LogP contribution in [0.25, 0.3) is 0 Å². The van der Waals surface area contributed by atoms with Crippen LogP contribution in [0.5, 0.6) is 0 Å². The maximum atomic E-state index is 12.5. The zero-order chi connectivity index (χ0) is 25.6. The molecule has 0 saturated carbocycles. The number of hydrogen-bond acceptors (Lipinski definition) is 8. The van der Waals surface area contributed by atoms with E-state index in [0.29, 0.717) is 37.6 Å². The third-order valence-corrected chi connectivity index (χ3v) is 5.50. The van der Waals surface area contributed by atoms with Crippen LogP contribution in [0.3, 0.4) is 0 Å². The number of carboxylic acids is 1. The molecule has 3 rings (SSSR count). The largest absolute Gasteiger partial charge is 0.476 e. The van der Waals surface area contributed by atoms with Gasteiger partial charge in [0.1, 0.15) is 24.4 Å². The van der Waals surface area contributed by atoms with Crippen LogP contribution < -0.4 is 4.90 Å². The lowest BCUT2D eigenvalue weighted by molar-refractivity contribution is -0.145. The van der Waals surface area contributed by atoms with Crippen LogP contribution in [0.2, 0.25) is 0 Å². The number of ether oxygens (including phenoxy) is 2. The summed E-state index contributed by atoms with van der Waals surface area (Å²) in [5, 5.41) is 9.75. The molecule has 1 aromatic carbocycles. The molecule has 1 saturated heterocycles. The Morgan fingerprint density at radius 1 is 1.06 bits per heavy atom. The summed E-state index contributed by atoms with van der Waals surface area (Å²) in [5.74, 6) is -1.68. The van der Waals surface area contributed by atoms with Gasteiger partial charge in [0, 0.05) is 31.7 Å². The number of carbonyl (C=O) groups is 3. The van der Waals surface area contributed by atoms with E-state index >= 15 is 0 Å². The lowest BCUT2D eigenvalue weighted by Crippen LogP contribution is -2.50. The zero-order valence-electron chi connectivity index (χ0n) is 20.6. The van der Waals surface area contributed by atoms with Crippen molar-refractivity contribution < 1.29 is 29.0 Å². The smallest absolute Gasteiger partial charge is 0.410 e. The molecular formula is C25H32N4O6. The van der Waals surface area contributed by atoms with Gasteiger partial charge in [-0.3, -0.25) is 4.79 Å². The number of carbonyl (C=O) groups excluding carboxylic acids is 2. The molecule has 1 N–H and O–H groups in total. The van der Waals surface area contributed by atoms with E-state index < -0.39 is 23.5 Å². The van der Waals surface area contributed by atoms with Gasteiger partial charge in [-0.15, -0.1) is 0 Å². The fourth-order valence-corrected chi connectivity index (χ4v) is 3.84. The molecule has 0 aliphatic carbocycles. The predicted molar refractivity (Wildman–Crippen MR) is 128 cm³/mol. The number of anilines is 1. The molecule has 1 aliphatic rings. The summed E-state index contributed by atoms with van der Waals surface area (Å²) in [7, 11) is 0. The first-order valence-electron chi connectivity index (χ1n) is 11.6. The summed E-state index contributed by atoms with van der Waals surface area (Å²) in [6, 6.07) is 9.33. The molecule has 0 bridgehead atoms. The van der Waals surface area contributed by atoms with Gasteiger partial charge in [0.2, 0.25) is 0 Å². The summed E-state index contributed by atoms with van der Waals surface area (Å²) in [6.07, 6.45) is 0.801. The van der Waals surface area contributed by atoms with Gasteiger partial charge < -0.3 is 24.4 Å². The van der Waals surface area contributed by atoms with E-state index in [2.05, 4.69) is 9.97 Å². The van der Waals surface area contributed by atoms with Crippen LogP contribution >= 0.6 is 0 Å². The Morgan fingerprint density at radius 2 is 1.71 bits per heavy atom. The van der Waals surface area contributed by atoms with E-state index in [4.69, 9.17) is 9.47 Å². The van der Waals surface area contributed by atoms with Crippen LogP contribution in [0.1, 0.15) is 61.6 Å². The second kappa shape index (κ2) is 11.2. The normalized spacial score (nSPS) is 14.9. The lowest BCUT2D eigenvalue weighted by atomic mass is 9.95. The Labute approximate surface area is 204 Å². The minimum absolute atomic E-state index is 0.0225. The minimum atomic E-state index is -1.19. The fraction of sp³-hybridized carbons (Fsp3) is 0.480. The molecule has 10 heteroatoms. The molecule has 35 heavy (non-hydrogen) atoms. The van der Waals surface area contributed by atoms with E-state index in [1.807, 2.05) is 56.0 Å². The summed E-state index contributed by atoms with van der Waals surface area (Å²) in [5.41, 5.74) is 0.510. The van der Waals surface area contributed by atoms with Crippen LogP contribution in [-0.2, 0) is 20.9 Å². The van der Waals surface area contributed by atoms with Gasteiger partial charge in [0.05, 0.1) is 6.42 Å². The highest BCUT2D eigenvalue weighted by Crippen LogP contribution is 2.31. The highest BCUT2D eigenvalue weighted by atomic mass is 16.6. The fourth-order valence-electron chi connectivity index (χ4n) is 3.84. The first kappa shape index (κ1) is 25.9. The number of nitrogens with zero attached hydrogens (tertiary/aromatic N) is 4. The van der Waals surface area contributed by atoms with E-state index in [0.717, 1.165) is 5.56 Å². The van der Waals surface area contributed by atoms with Gasteiger partial charge in [0.15, 0.2) is 5.69 Å². The number of rotatable bonds is 7. The maximum Gasteiger partial charge on any atom is 0.410 e. The molecular weight excluding hydrogens is 452 g/mol. The SMILES string of the molecule is C[C@H](CC(=O)OCc1ccccc1)c1c(C(=O)O)ncnc1N1CCN(C(=O)OC(C)(C)C)CC1. The number of benzene rings is 1. The molecule has 1 atom stereocenters. The average Bonchev–Trinajstić information content (AvgIpc) is 2.82. The van der Waals surface area contributed by atoms with Crippen molar-refractivity contribution in [1.82, 2.24) is 14.9 Å². The van der Waals surface area contributed by atoms with Crippen LogP contribution in [-0.4, -0.2) is 69.8 Å². The number of piperazine rings is 1. The second-order valence-corrected chi connectivity index (χ2v) is 9.47. The highest BCUT2D eigenvalue weighted by molar-refractivity contribution is 5.89. The number of carboxylic acid groups (broad SMARTS) is 1. The number of hydrogen-bond donors (Lipinski definition) is 1. The third-order valence-electron chi connectivity index (χ3n) is 5.50. The van der Waals surface area contributed by atoms with E-state index in [9.17, 15) is 19.5 Å². The van der Waals surface area contributed by atoms with Crippen molar-refractivity contribution in [2.45, 2.75) is 52.2 Å². The summed E-state index contributed by atoms with van der Waals surface area (Å²) in [6.45, 7) is 9.01. The van der Waals surface area contributed by atoms with E-state index in [1.54, 1.807) is 11.8 Å². The Hall–Kier alpha value is -3.69. The van der Waals surface area contributed by atoms with Crippen LogP contribution in [0.4, 0.5) is 10.6 Å². The molecule has 2 aromatic rings. The topological polar surface area (TPSA) is 122 Å². The van der Waals surface area contributed by atoms with Gasteiger partial charge in [-0.25, -0.2) is 19.6 Å². The van der Waals surface area contributed by atoms with Crippen molar-refractivity contribution in [2.24, 2.45) is 0 Å². The highest BCUT2D eigenvalue weighted by Gasteiger charge is 2.31. The average molecular weight is 485 g/mol. The standard InChI is InChI=1S/C25H32N4O6/c1-17(14-19(30)34-15-18-8-6-5-7-9-18)20-21(23(31)32)26-16-27-22(20)28-10-12-29(13-11-28)24(33)35-25(2,3)4/h5-9,16-17H,10-15H2,1-4H3,(H,31,32)/t17-/m1/s1. The molecule has 0 unspecified atom stereocenters. The van der Waals surface area contributed by atoms with Crippen molar-refractivity contribution >= 4 is 23.8 Å². The zero-order valence-corrected chi connectivity index (χ0v) is 20.6. The summed E-state index contributed by atoms with van der Waals surface area (Å²) in [4.78, 5) is 48.7. The van der Waals surface area contributed by atoms with Crippen molar-refractivity contribution in [1.29, 1.82) is 0 Å². The summed E-state index contributed by atoms with van der Waals surface area (Å²) >= 11 is 0. The second-order valence-electron chi connectivity index (χ2n) is 9.47. The first-order valence-corrected chi connectivity index (χ1v) is 11.6. The Balaban J connectivity index is 1.72. The molecule has 0 radical (unpaired) electrons. The Bertz CT molecular complexity index is 1050. The molecule has 1 aromatic heterocycles. The molecule has 1 aliphatic heterocycles. The molecule has 10 nitrogen and oxygen atoms in total. The van der Waals surface area contributed by atoms with Gasteiger partial charge >= 0.3 is 18.0 Å². The first-order chi connectivity index (χ1) is 16.5. The Kier molecular flexibility index (Phi) is 8.26. The van der Waals surface area contributed by atoms with Gasteiger partial charge in [0.25, 0.3) is 0 Å². The Morgan fingerprint density at radius 3 is 2.31 bits per heavy atom. The lowest BCUT2D eigenvalue weighted by Gasteiger charge is -2.37. The third kappa shape index (κ3) is 7.14. The van der Waals surface area contributed by atoms with Crippen molar-refractivity contribution in [2.75, 3.05) is 31.1 Å². The quantitative estimate of drug-likeness (QED) is 0.589. The summed E-state index contributed by atoms with van der Waals surface area (Å²) < 4.78 is 10.8. The van der Waals surface area contributed by atoms with Gasteiger partial charge in [-0.2, -0.15) is 0 Å². The molecule has 1 fully saturated rings. The van der Waals surface area contributed by atoms with E-state index in [1.165, 1.54) is 6.33 Å². The molecule has 2 heterocycles. The number of amides is 1. The van der Waals surface area contributed by atoms with E-state index in [-0.39, 0.29) is 24.8 Å². The number of aromatic nitrogens is 2. The number of esters is 1. The van der Waals surface area contributed by atoms with Crippen molar-refractivity contribution in [3.63, 3.8) is 0 Å². The number of aromatic carboxylic acids is 1. The van der Waals surface area contributed by atoms with Crippen molar-refractivity contribution in [3.8, 4) is 0 Å².